The SMILES string of the molecule is C=CC(=O)Nc1ccc2c(c1)CCC(CN1CCN(c3ccc(C(=O)O)c(-c4ccncc4)c3)CC1)=C2c1ccc(Cl)cc1. The van der Waals surface area contributed by atoms with Crippen molar-refractivity contribution in [2.75, 3.05) is 42.9 Å². The number of carboxylic acids is 1. The highest BCUT2D eigenvalue weighted by Gasteiger charge is 2.25. The van der Waals surface area contributed by atoms with Gasteiger partial charge in [0.2, 0.25) is 5.91 Å². The number of anilines is 2. The lowest BCUT2D eigenvalue weighted by molar-refractivity contribution is -0.111. The van der Waals surface area contributed by atoms with Crippen LogP contribution in [0.5, 0.6) is 0 Å². The van der Waals surface area contributed by atoms with E-state index in [0.717, 1.165) is 68.1 Å². The van der Waals surface area contributed by atoms with Crippen LogP contribution in [-0.2, 0) is 11.2 Å². The highest BCUT2D eigenvalue weighted by molar-refractivity contribution is 6.30. The molecule has 44 heavy (non-hydrogen) atoms. The molecule has 1 fully saturated rings. The van der Waals surface area contributed by atoms with Crippen LogP contribution in [0, 0.1) is 0 Å². The predicted molar refractivity (Wildman–Crippen MR) is 176 cm³/mol. The molecule has 2 heterocycles. The van der Waals surface area contributed by atoms with E-state index in [9.17, 15) is 14.7 Å². The molecule has 6 rings (SSSR count). The number of aryl methyl sites for hydroxylation is 1. The van der Waals surface area contributed by atoms with Gasteiger partial charge in [0.15, 0.2) is 0 Å². The standard InChI is InChI=1S/C36H33ClN4O3/c1-2-34(42)39-29-9-11-31-26(21-29)3-4-27(35(31)25-5-7-28(37)8-6-25)23-40-17-19-41(20-18-40)30-10-12-32(36(43)44)33(22-30)24-13-15-38-16-14-24/h2,5-16,21-22H,1,3-4,17-20,23H2,(H,39,42)(H,43,44). The van der Waals surface area contributed by atoms with Crippen LogP contribution < -0.4 is 10.2 Å². The van der Waals surface area contributed by atoms with Crippen molar-refractivity contribution in [3.8, 4) is 11.1 Å². The summed E-state index contributed by atoms with van der Waals surface area (Å²) < 4.78 is 0. The summed E-state index contributed by atoms with van der Waals surface area (Å²) in [6.07, 6.45) is 6.47. The van der Waals surface area contributed by atoms with E-state index >= 15 is 0 Å². The highest BCUT2D eigenvalue weighted by atomic mass is 35.5. The van der Waals surface area contributed by atoms with E-state index in [1.807, 2.05) is 42.5 Å². The maximum Gasteiger partial charge on any atom is 0.336 e. The minimum Gasteiger partial charge on any atom is -0.478 e. The van der Waals surface area contributed by atoms with Gasteiger partial charge in [-0.1, -0.05) is 36.4 Å². The number of benzene rings is 3. The predicted octanol–water partition coefficient (Wildman–Crippen LogP) is 6.80. The number of aromatic carboxylic acids is 1. The Hall–Kier alpha value is -4.72. The van der Waals surface area contributed by atoms with Crippen LogP contribution in [0.2, 0.25) is 5.02 Å². The fourth-order valence-electron chi connectivity index (χ4n) is 6.17. The molecule has 1 amide bonds. The summed E-state index contributed by atoms with van der Waals surface area (Å²) in [4.78, 5) is 32.7. The van der Waals surface area contributed by atoms with Crippen molar-refractivity contribution in [1.29, 1.82) is 0 Å². The van der Waals surface area contributed by atoms with Gasteiger partial charge in [-0.05, 0) is 112 Å². The van der Waals surface area contributed by atoms with E-state index < -0.39 is 5.97 Å². The van der Waals surface area contributed by atoms with E-state index in [0.29, 0.717) is 10.6 Å². The first kappa shape index (κ1) is 29.4. The topological polar surface area (TPSA) is 85.8 Å². The number of hydrogen-bond acceptors (Lipinski definition) is 5. The molecular formula is C36H33ClN4O3. The molecule has 1 aromatic heterocycles. The number of hydrogen-bond donors (Lipinski definition) is 2. The average Bonchev–Trinajstić information content (AvgIpc) is 3.05. The molecule has 4 aromatic rings. The second-order valence-corrected chi connectivity index (χ2v) is 11.5. The molecular weight excluding hydrogens is 572 g/mol. The zero-order chi connectivity index (χ0) is 30.6. The van der Waals surface area contributed by atoms with Gasteiger partial charge in [-0.15, -0.1) is 0 Å². The second-order valence-electron chi connectivity index (χ2n) is 11.1. The van der Waals surface area contributed by atoms with Crippen LogP contribution in [0.25, 0.3) is 16.7 Å². The first-order valence-corrected chi connectivity index (χ1v) is 15.1. The second kappa shape index (κ2) is 12.9. The largest absolute Gasteiger partial charge is 0.478 e. The first-order chi connectivity index (χ1) is 21.4. The third kappa shape index (κ3) is 6.30. The lowest BCUT2D eigenvalue weighted by atomic mass is 9.81. The normalized spacial score (nSPS) is 15.1. The maximum atomic E-state index is 11.9. The molecule has 0 bridgehead atoms. The third-order valence-electron chi connectivity index (χ3n) is 8.39. The monoisotopic (exact) mass is 604 g/mol. The van der Waals surface area contributed by atoms with Crippen LogP contribution in [0.1, 0.15) is 33.5 Å². The number of amides is 1. The number of halogens is 1. The van der Waals surface area contributed by atoms with E-state index in [1.54, 1.807) is 18.5 Å². The Bertz CT molecular complexity index is 1740. The number of carbonyl (C=O) groups excluding carboxylic acids is 1. The maximum absolute atomic E-state index is 11.9. The molecule has 3 aromatic carbocycles. The van der Waals surface area contributed by atoms with Gasteiger partial charge in [0.1, 0.15) is 0 Å². The Morgan fingerprint density at radius 1 is 0.886 bits per heavy atom. The summed E-state index contributed by atoms with van der Waals surface area (Å²) in [7, 11) is 0. The summed E-state index contributed by atoms with van der Waals surface area (Å²) in [5.41, 5.74) is 9.77. The number of aromatic nitrogens is 1. The van der Waals surface area contributed by atoms with Gasteiger partial charge in [0.25, 0.3) is 0 Å². The number of nitrogens with one attached hydrogen (secondary N) is 1. The molecule has 0 radical (unpaired) electrons. The van der Waals surface area contributed by atoms with Gasteiger partial charge < -0.3 is 15.3 Å². The molecule has 2 aliphatic rings. The summed E-state index contributed by atoms with van der Waals surface area (Å²) >= 11 is 6.25. The minimum atomic E-state index is -0.940. The number of carboxylic acid groups (broad SMARTS) is 1. The summed E-state index contributed by atoms with van der Waals surface area (Å²) in [6.45, 7) is 7.88. The first-order valence-electron chi connectivity index (χ1n) is 14.7. The van der Waals surface area contributed by atoms with Crippen molar-refractivity contribution in [1.82, 2.24) is 9.88 Å². The minimum absolute atomic E-state index is 0.222. The average molecular weight is 605 g/mol. The molecule has 222 valence electrons. The van der Waals surface area contributed by atoms with Crippen molar-refractivity contribution in [2.45, 2.75) is 12.8 Å². The molecule has 7 nitrogen and oxygen atoms in total. The van der Waals surface area contributed by atoms with Crippen molar-refractivity contribution in [3.05, 3.63) is 131 Å². The number of piperazine rings is 1. The lowest BCUT2D eigenvalue weighted by Crippen LogP contribution is -2.47. The van der Waals surface area contributed by atoms with Gasteiger partial charge in [0.05, 0.1) is 5.56 Å². The molecule has 0 saturated carbocycles. The van der Waals surface area contributed by atoms with E-state index in [4.69, 9.17) is 11.6 Å². The van der Waals surface area contributed by atoms with Crippen LogP contribution in [-0.4, -0.2) is 59.6 Å². The van der Waals surface area contributed by atoms with Crippen molar-refractivity contribution < 1.29 is 14.7 Å². The van der Waals surface area contributed by atoms with Crippen LogP contribution >= 0.6 is 11.6 Å². The van der Waals surface area contributed by atoms with E-state index in [1.165, 1.54) is 28.3 Å². The molecule has 0 atom stereocenters. The number of pyridine rings is 1. The molecule has 2 N–H and O–H groups in total. The zero-order valence-electron chi connectivity index (χ0n) is 24.3. The van der Waals surface area contributed by atoms with E-state index in [2.05, 4.69) is 50.9 Å². The van der Waals surface area contributed by atoms with Crippen molar-refractivity contribution in [3.63, 3.8) is 0 Å². The third-order valence-corrected chi connectivity index (χ3v) is 8.64. The molecule has 8 heteroatoms. The van der Waals surface area contributed by atoms with Crippen LogP contribution in [0.15, 0.2) is 103 Å². The zero-order valence-corrected chi connectivity index (χ0v) is 25.1. The molecule has 0 unspecified atom stereocenters. The van der Waals surface area contributed by atoms with Crippen molar-refractivity contribution >= 4 is 40.4 Å². The molecule has 1 saturated heterocycles. The fourth-order valence-corrected chi connectivity index (χ4v) is 6.30. The van der Waals surface area contributed by atoms with Crippen molar-refractivity contribution in [2.24, 2.45) is 0 Å². The smallest absolute Gasteiger partial charge is 0.336 e. The quantitative estimate of drug-likeness (QED) is 0.215. The van der Waals surface area contributed by atoms with Gasteiger partial charge in [0, 0.05) is 61.5 Å². The Morgan fingerprint density at radius 2 is 1.64 bits per heavy atom. The van der Waals surface area contributed by atoms with E-state index in [-0.39, 0.29) is 11.5 Å². The Balaban J connectivity index is 1.23. The van der Waals surface area contributed by atoms with Gasteiger partial charge in [-0.2, -0.15) is 0 Å². The Morgan fingerprint density at radius 3 is 2.34 bits per heavy atom. The fraction of sp³-hybridized carbons (Fsp3) is 0.194. The van der Waals surface area contributed by atoms with Gasteiger partial charge >= 0.3 is 5.97 Å². The summed E-state index contributed by atoms with van der Waals surface area (Å²) in [5, 5.41) is 13.4. The van der Waals surface area contributed by atoms with Crippen LogP contribution in [0.4, 0.5) is 11.4 Å². The Labute approximate surface area is 262 Å². The number of nitrogens with zero attached hydrogens (tertiary/aromatic N) is 3. The van der Waals surface area contributed by atoms with Gasteiger partial charge in [-0.3, -0.25) is 14.7 Å². The molecule has 1 aliphatic carbocycles. The molecule has 0 spiro atoms. The lowest BCUT2D eigenvalue weighted by Gasteiger charge is -2.38. The highest BCUT2D eigenvalue weighted by Crippen LogP contribution is 2.38. The summed E-state index contributed by atoms with van der Waals surface area (Å²) in [6, 6.07) is 23.4. The number of rotatable bonds is 8. The number of carbonyl (C=O) groups is 2. The molecule has 1 aliphatic heterocycles. The van der Waals surface area contributed by atoms with Gasteiger partial charge in [-0.25, -0.2) is 4.79 Å². The Kier molecular flexibility index (Phi) is 8.59. The summed E-state index contributed by atoms with van der Waals surface area (Å²) in [5.74, 6) is -1.16. The number of fused-ring (bicyclic) bond motifs is 1. The van der Waals surface area contributed by atoms with Crippen LogP contribution in [0.3, 0.4) is 0 Å².